The molecule has 0 saturated heterocycles. The van der Waals surface area contributed by atoms with E-state index in [0.717, 1.165) is 34.6 Å². The number of methoxy groups -OCH3 is 1. The fourth-order valence-corrected chi connectivity index (χ4v) is 3.13. The van der Waals surface area contributed by atoms with Crippen LogP contribution in [0.2, 0.25) is 0 Å². The van der Waals surface area contributed by atoms with Crippen LogP contribution in [0.25, 0.3) is 0 Å². The molecule has 0 aliphatic carbocycles. The van der Waals surface area contributed by atoms with E-state index in [9.17, 15) is 13.2 Å². The van der Waals surface area contributed by atoms with Crippen LogP contribution in [-0.2, 0) is 12.6 Å². The fraction of sp³-hybridized carbons (Fsp3) is 0.474. The third-order valence-electron chi connectivity index (χ3n) is 3.70. The topological polar surface area (TPSA) is 67.8 Å². The number of nitrogens with one attached hydrogen (secondary N) is 2. The summed E-state index contributed by atoms with van der Waals surface area (Å²) in [6.07, 6.45) is -3.29. The van der Waals surface area contributed by atoms with Gasteiger partial charge in [-0.25, -0.2) is 4.98 Å². The fourth-order valence-electron chi connectivity index (χ4n) is 2.32. The Hall–Kier alpha value is -2.49. The van der Waals surface area contributed by atoms with E-state index in [2.05, 4.69) is 20.6 Å². The molecule has 0 aliphatic rings. The molecule has 1 heterocycles. The Morgan fingerprint density at radius 2 is 2.03 bits per heavy atom. The summed E-state index contributed by atoms with van der Waals surface area (Å²) in [7, 11) is 1.60. The first-order valence-electron chi connectivity index (χ1n) is 9.23. The van der Waals surface area contributed by atoms with Crippen molar-refractivity contribution < 1.29 is 22.6 Å². The van der Waals surface area contributed by atoms with Crippen molar-refractivity contribution in [3.63, 3.8) is 0 Å². The van der Waals surface area contributed by atoms with Crippen molar-refractivity contribution in [2.24, 2.45) is 4.99 Å². The van der Waals surface area contributed by atoms with Crippen LogP contribution >= 0.6 is 11.3 Å². The highest BCUT2D eigenvalue weighted by molar-refractivity contribution is 7.09. The number of guanidine groups is 1. The molecule has 0 unspecified atom stereocenters. The number of aromatic nitrogens is 1. The normalized spacial score (nSPS) is 12.0. The molecule has 2 aromatic rings. The molecule has 10 heteroatoms. The number of hydrogen-bond acceptors (Lipinski definition) is 5. The van der Waals surface area contributed by atoms with Gasteiger partial charge in [0.15, 0.2) is 11.7 Å². The Morgan fingerprint density at radius 1 is 1.24 bits per heavy atom. The van der Waals surface area contributed by atoms with Gasteiger partial charge in [-0.2, -0.15) is 13.2 Å². The highest BCUT2D eigenvalue weighted by atomic mass is 32.1. The molecule has 0 amide bonds. The molecule has 1 aromatic carbocycles. The molecule has 0 aliphatic heterocycles. The molecule has 0 spiro atoms. The van der Waals surface area contributed by atoms with Crippen molar-refractivity contribution in [2.45, 2.75) is 25.9 Å². The Balaban J connectivity index is 1.72. The average Bonchev–Trinajstić information content (AvgIpc) is 3.17. The Bertz CT molecular complexity index is 781. The zero-order valence-corrected chi connectivity index (χ0v) is 17.2. The van der Waals surface area contributed by atoms with Gasteiger partial charge in [-0.3, -0.25) is 4.99 Å². The predicted octanol–water partition coefficient (Wildman–Crippen LogP) is 3.74. The molecule has 0 bridgehead atoms. The maximum Gasteiger partial charge on any atom is 0.434 e. The second-order valence-corrected chi connectivity index (χ2v) is 6.89. The molecular formula is C19H25F3N4O2S. The smallest absolute Gasteiger partial charge is 0.434 e. The molecule has 29 heavy (non-hydrogen) atoms. The molecule has 0 saturated carbocycles. The molecule has 1 aromatic heterocycles. The highest BCUT2D eigenvalue weighted by Gasteiger charge is 2.33. The lowest BCUT2D eigenvalue weighted by atomic mass is 10.3. The van der Waals surface area contributed by atoms with Crippen LogP contribution in [0, 0.1) is 0 Å². The lowest BCUT2D eigenvalue weighted by Crippen LogP contribution is -2.38. The van der Waals surface area contributed by atoms with Gasteiger partial charge < -0.3 is 20.1 Å². The quantitative estimate of drug-likeness (QED) is 0.342. The minimum Gasteiger partial charge on any atom is -0.497 e. The van der Waals surface area contributed by atoms with Gasteiger partial charge in [0.25, 0.3) is 0 Å². The van der Waals surface area contributed by atoms with E-state index in [0.29, 0.717) is 43.6 Å². The zero-order chi connectivity index (χ0) is 21.1. The number of ether oxygens (including phenoxy) is 2. The summed E-state index contributed by atoms with van der Waals surface area (Å²) in [6, 6.07) is 7.39. The van der Waals surface area contributed by atoms with Crippen LogP contribution in [0.3, 0.4) is 0 Å². The Morgan fingerprint density at radius 3 is 2.72 bits per heavy atom. The lowest BCUT2D eigenvalue weighted by Gasteiger charge is -2.11. The summed E-state index contributed by atoms with van der Waals surface area (Å²) in [6.45, 7) is 4.13. The molecule has 0 atom stereocenters. The summed E-state index contributed by atoms with van der Waals surface area (Å²) in [5.74, 6) is 2.09. The average molecular weight is 430 g/mol. The summed E-state index contributed by atoms with van der Waals surface area (Å²) in [4.78, 5) is 8.07. The van der Waals surface area contributed by atoms with Gasteiger partial charge in [0, 0.05) is 43.9 Å². The number of aliphatic imine (C=N–C) groups is 1. The predicted molar refractivity (Wildman–Crippen MR) is 108 cm³/mol. The van der Waals surface area contributed by atoms with E-state index < -0.39 is 11.9 Å². The summed E-state index contributed by atoms with van der Waals surface area (Å²) >= 11 is 1.01. The van der Waals surface area contributed by atoms with Gasteiger partial charge in [-0.05, 0) is 19.1 Å². The van der Waals surface area contributed by atoms with Crippen LogP contribution in [0.4, 0.5) is 13.2 Å². The maximum atomic E-state index is 12.6. The number of hydrogen-bond donors (Lipinski definition) is 2. The van der Waals surface area contributed by atoms with Crippen LogP contribution in [-0.4, -0.2) is 44.3 Å². The number of benzene rings is 1. The third kappa shape index (κ3) is 8.18. The first kappa shape index (κ1) is 22.8. The first-order chi connectivity index (χ1) is 13.9. The molecule has 160 valence electrons. The van der Waals surface area contributed by atoms with Gasteiger partial charge in [-0.15, -0.1) is 11.3 Å². The number of nitrogens with zero attached hydrogens (tertiary/aromatic N) is 2. The minimum absolute atomic E-state index is 0.393. The van der Waals surface area contributed by atoms with Gasteiger partial charge in [0.05, 0.1) is 18.7 Å². The van der Waals surface area contributed by atoms with Crippen LogP contribution in [0.5, 0.6) is 11.5 Å². The monoisotopic (exact) mass is 430 g/mol. The molecule has 6 nitrogen and oxygen atoms in total. The zero-order valence-electron chi connectivity index (χ0n) is 16.4. The molecule has 2 N–H and O–H groups in total. The Labute approximate surface area is 172 Å². The van der Waals surface area contributed by atoms with Crippen molar-refractivity contribution >= 4 is 17.3 Å². The number of thiazole rings is 1. The minimum atomic E-state index is -4.40. The molecule has 2 rings (SSSR count). The summed E-state index contributed by atoms with van der Waals surface area (Å²) in [5, 5.41) is 7.69. The van der Waals surface area contributed by atoms with Crippen molar-refractivity contribution in [3.05, 3.63) is 40.3 Å². The van der Waals surface area contributed by atoms with E-state index in [1.54, 1.807) is 7.11 Å². The van der Waals surface area contributed by atoms with E-state index in [4.69, 9.17) is 9.47 Å². The van der Waals surface area contributed by atoms with Crippen molar-refractivity contribution in [1.82, 2.24) is 15.6 Å². The van der Waals surface area contributed by atoms with E-state index in [1.165, 1.54) is 0 Å². The van der Waals surface area contributed by atoms with Gasteiger partial charge in [-0.1, -0.05) is 6.07 Å². The van der Waals surface area contributed by atoms with E-state index in [1.807, 2.05) is 31.2 Å². The van der Waals surface area contributed by atoms with Gasteiger partial charge in [0.2, 0.25) is 0 Å². The number of rotatable bonds is 10. The standard InChI is InChI=1S/C19H25F3N4O2S/c1-3-23-18(25-10-8-17-26-16(13-29-17)19(20,21)22)24-9-5-11-28-15-7-4-6-14(12-15)27-2/h4,6-7,12-13H,3,5,8-11H2,1-2H3,(H2,23,24,25). The summed E-state index contributed by atoms with van der Waals surface area (Å²) in [5.41, 5.74) is -0.839. The van der Waals surface area contributed by atoms with Crippen molar-refractivity contribution in [3.8, 4) is 11.5 Å². The lowest BCUT2D eigenvalue weighted by molar-refractivity contribution is -0.140. The van der Waals surface area contributed by atoms with Crippen molar-refractivity contribution in [2.75, 3.05) is 33.4 Å². The number of alkyl halides is 3. The van der Waals surface area contributed by atoms with E-state index in [-0.39, 0.29) is 0 Å². The van der Waals surface area contributed by atoms with E-state index >= 15 is 0 Å². The molecule has 0 fully saturated rings. The maximum absolute atomic E-state index is 12.6. The second-order valence-electron chi connectivity index (χ2n) is 5.94. The van der Waals surface area contributed by atoms with Gasteiger partial charge in [0.1, 0.15) is 11.5 Å². The molecule has 0 radical (unpaired) electrons. The van der Waals surface area contributed by atoms with Gasteiger partial charge >= 0.3 is 6.18 Å². The SMILES string of the molecule is CCNC(=NCCCOc1cccc(OC)c1)NCCc1nc(C(F)(F)F)cs1. The largest absolute Gasteiger partial charge is 0.497 e. The molecular weight excluding hydrogens is 405 g/mol. The summed E-state index contributed by atoms with van der Waals surface area (Å²) < 4.78 is 48.6. The van der Waals surface area contributed by atoms with Crippen molar-refractivity contribution in [1.29, 1.82) is 0 Å². The Kier molecular flexibility index (Phi) is 9.04. The highest BCUT2D eigenvalue weighted by Crippen LogP contribution is 2.30. The first-order valence-corrected chi connectivity index (χ1v) is 10.1. The second kappa shape index (κ2) is 11.5. The van der Waals surface area contributed by atoms with Crippen LogP contribution < -0.4 is 20.1 Å². The number of halogens is 3. The van der Waals surface area contributed by atoms with Crippen LogP contribution in [0.1, 0.15) is 24.0 Å². The third-order valence-corrected chi connectivity index (χ3v) is 4.61. The van der Waals surface area contributed by atoms with Crippen LogP contribution in [0.15, 0.2) is 34.6 Å².